The zero-order valence-electron chi connectivity index (χ0n) is 13.3. The lowest BCUT2D eigenvalue weighted by Crippen LogP contribution is -2.22. The Kier molecular flexibility index (Phi) is 11.5. The molecule has 5 nitrogen and oxygen atoms in total. The van der Waals surface area contributed by atoms with Gasteiger partial charge in [-0.3, -0.25) is 9.79 Å². The number of esters is 1. The lowest BCUT2D eigenvalue weighted by atomic mass is 10.1. The maximum Gasteiger partial charge on any atom is 0.305 e. The van der Waals surface area contributed by atoms with Gasteiger partial charge in [0.2, 0.25) is 0 Å². The predicted molar refractivity (Wildman–Crippen MR) is 102 cm³/mol. The third kappa shape index (κ3) is 8.86. The van der Waals surface area contributed by atoms with Crippen molar-refractivity contribution in [1.29, 1.82) is 0 Å². The minimum absolute atomic E-state index is 0. The first-order valence-corrected chi connectivity index (χ1v) is 7.38. The van der Waals surface area contributed by atoms with E-state index in [9.17, 15) is 4.79 Å². The van der Waals surface area contributed by atoms with Crippen LogP contribution in [0.2, 0.25) is 0 Å². The SMILES string of the molecule is CCc1ccc(NC(N)=NCCCCCC(=O)OC)cc1.I. The number of rotatable bonds is 8. The number of aryl methyl sites for hydroxylation is 1. The molecule has 0 fully saturated rings. The number of anilines is 1. The van der Waals surface area contributed by atoms with Gasteiger partial charge in [-0.2, -0.15) is 0 Å². The number of nitrogens with two attached hydrogens (primary N) is 1. The molecule has 6 heteroatoms. The lowest BCUT2D eigenvalue weighted by molar-refractivity contribution is -0.140. The summed E-state index contributed by atoms with van der Waals surface area (Å²) < 4.78 is 4.58. The average molecular weight is 419 g/mol. The van der Waals surface area contributed by atoms with Crippen LogP contribution in [-0.4, -0.2) is 25.6 Å². The Morgan fingerprint density at radius 2 is 1.91 bits per heavy atom. The number of hydrogen-bond acceptors (Lipinski definition) is 3. The molecule has 0 atom stereocenters. The van der Waals surface area contributed by atoms with Crippen molar-refractivity contribution in [1.82, 2.24) is 0 Å². The second-order valence-corrected chi connectivity index (χ2v) is 4.83. The molecule has 0 saturated heterocycles. The standard InChI is InChI=1S/C16H25N3O2.HI/c1-3-13-8-10-14(11-9-13)19-16(17)18-12-6-4-5-7-15(20)21-2;/h8-11H,3-7,12H2,1-2H3,(H3,17,18,19);1H. The summed E-state index contributed by atoms with van der Waals surface area (Å²) in [5, 5.41) is 3.07. The van der Waals surface area contributed by atoms with Crippen LogP contribution in [-0.2, 0) is 16.0 Å². The van der Waals surface area contributed by atoms with Crippen LogP contribution in [0.15, 0.2) is 29.3 Å². The van der Waals surface area contributed by atoms with Crippen molar-refractivity contribution < 1.29 is 9.53 Å². The van der Waals surface area contributed by atoms with Crippen molar-refractivity contribution >= 4 is 41.6 Å². The fourth-order valence-corrected chi connectivity index (χ4v) is 1.87. The van der Waals surface area contributed by atoms with Gasteiger partial charge in [0.1, 0.15) is 0 Å². The number of carbonyl (C=O) groups excluding carboxylic acids is 1. The van der Waals surface area contributed by atoms with Crippen LogP contribution in [0, 0.1) is 0 Å². The van der Waals surface area contributed by atoms with E-state index in [0.29, 0.717) is 18.9 Å². The number of hydrogen-bond donors (Lipinski definition) is 2. The topological polar surface area (TPSA) is 76.7 Å². The van der Waals surface area contributed by atoms with E-state index in [1.165, 1.54) is 12.7 Å². The smallest absolute Gasteiger partial charge is 0.305 e. The molecule has 1 aromatic carbocycles. The second-order valence-electron chi connectivity index (χ2n) is 4.83. The molecule has 3 N–H and O–H groups in total. The molecule has 0 heterocycles. The van der Waals surface area contributed by atoms with E-state index < -0.39 is 0 Å². The van der Waals surface area contributed by atoms with Gasteiger partial charge < -0.3 is 15.8 Å². The van der Waals surface area contributed by atoms with Crippen molar-refractivity contribution in [2.24, 2.45) is 10.7 Å². The molecule has 0 aromatic heterocycles. The highest BCUT2D eigenvalue weighted by Gasteiger charge is 1.99. The molecule has 1 rings (SSSR count). The number of benzene rings is 1. The van der Waals surface area contributed by atoms with Crippen molar-refractivity contribution in [2.75, 3.05) is 19.0 Å². The number of aliphatic imine (C=N–C) groups is 1. The van der Waals surface area contributed by atoms with Crippen LogP contribution >= 0.6 is 24.0 Å². The first-order valence-electron chi connectivity index (χ1n) is 7.38. The molecule has 1 aromatic rings. The van der Waals surface area contributed by atoms with E-state index in [0.717, 1.165) is 31.4 Å². The summed E-state index contributed by atoms with van der Waals surface area (Å²) in [6, 6.07) is 8.14. The molecular weight excluding hydrogens is 393 g/mol. The molecule has 0 aliphatic heterocycles. The number of methoxy groups -OCH3 is 1. The highest BCUT2D eigenvalue weighted by atomic mass is 127. The lowest BCUT2D eigenvalue weighted by Gasteiger charge is -2.06. The van der Waals surface area contributed by atoms with E-state index >= 15 is 0 Å². The summed E-state index contributed by atoms with van der Waals surface area (Å²) in [6.07, 6.45) is 4.17. The molecule has 0 aliphatic rings. The minimum atomic E-state index is -0.157. The summed E-state index contributed by atoms with van der Waals surface area (Å²) in [7, 11) is 1.41. The van der Waals surface area contributed by atoms with Gasteiger partial charge in [-0.15, -0.1) is 24.0 Å². The molecule has 22 heavy (non-hydrogen) atoms. The van der Waals surface area contributed by atoms with Crippen molar-refractivity contribution in [2.45, 2.75) is 39.0 Å². The summed E-state index contributed by atoms with van der Waals surface area (Å²) >= 11 is 0. The first kappa shape index (κ1) is 20.7. The number of guanidine groups is 1. The van der Waals surface area contributed by atoms with Gasteiger partial charge in [0.15, 0.2) is 5.96 Å². The van der Waals surface area contributed by atoms with E-state index in [1.54, 1.807) is 0 Å². The van der Waals surface area contributed by atoms with Crippen LogP contribution < -0.4 is 11.1 Å². The third-order valence-electron chi connectivity index (χ3n) is 3.18. The van der Waals surface area contributed by atoms with Crippen molar-refractivity contribution in [3.63, 3.8) is 0 Å². The number of nitrogens with zero attached hydrogens (tertiary/aromatic N) is 1. The Hall–Kier alpha value is -1.31. The fraction of sp³-hybridized carbons (Fsp3) is 0.500. The Morgan fingerprint density at radius 1 is 1.23 bits per heavy atom. The third-order valence-corrected chi connectivity index (χ3v) is 3.18. The summed E-state index contributed by atoms with van der Waals surface area (Å²) in [5.41, 5.74) is 8.06. The Labute approximate surface area is 149 Å². The molecular formula is C16H26IN3O2. The maximum absolute atomic E-state index is 10.9. The largest absolute Gasteiger partial charge is 0.469 e. The average Bonchev–Trinajstić information content (AvgIpc) is 2.51. The van der Waals surface area contributed by atoms with Gasteiger partial charge in [-0.25, -0.2) is 0 Å². The first-order chi connectivity index (χ1) is 10.2. The predicted octanol–water partition coefficient (Wildman–Crippen LogP) is 3.33. The van der Waals surface area contributed by atoms with Crippen LogP contribution in [0.3, 0.4) is 0 Å². The van der Waals surface area contributed by atoms with E-state index in [1.807, 2.05) is 12.1 Å². The van der Waals surface area contributed by atoms with Gasteiger partial charge in [-0.05, 0) is 37.0 Å². The summed E-state index contributed by atoms with van der Waals surface area (Å²) in [6.45, 7) is 2.78. The van der Waals surface area contributed by atoms with E-state index in [4.69, 9.17) is 5.73 Å². The van der Waals surface area contributed by atoms with Gasteiger partial charge in [-0.1, -0.05) is 25.5 Å². The zero-order valence-corrected chi connectivity index (χ0v) is 15.6. The monoisotopic (exact) mass is 419 g/mol. The molecule has 0 saturated carbocycles. The fourth-order valence-electron chi connectivity index (χ4n) is 1.87. The normalized spacial score (nSPS) is 10.7. The van der Waals surface area contributed by atoms with E-state index in [-0.39, 0.29) is 29.9 Å². The van der Waals surface area contributed by atoms with Crippen LogP contribution in [0.4, 0.5) is 5.69 Å². The molecule has 0 spiro atoms. The quantitative estimate of drug-likeness (QED) is 0.223. The van der Waals surface area contributed by atoms with Crippen LogP contribution in [0.25, 0.3) is 0 Å². The Balaban J connectivity index is 0.00000441. The number of unbranched alkanes of at least 4 members (excludes halogenated alkanes) is 2. The van der Waals surface area contributed by atoms with Gasteiger partial charge in [0.25, 0.3) is 0 Å². The molecule has 0 aliphatic carbocycles. The molecule has 124 valence electrons. The molecule has 0 unspecified atom stereocenters. The van der Waals surface area contributed by atoms with Crippen molar-refractivity contribution in [3.8, 4) is 0 Å². The Bertz CT molecular complexity index is 461. The number of halogens is 1. The highest BCUT2D eigenvalue weighted by Crippen LogP contribution is 2.09. The van der Waals surface area contributed by atoms with Gasteiger partial charge >= 0.3 is 5.97 Å². The second kappa shape index (κ2) is 12.3. The number of ether oxygens (including phenoxy) is 1. The van der Waals surface area contributed by atoms with E-state index in [2.05, 4.69) is 34.1 Å². The van der Waals surface area contributed by atoms with Crippen LogP contribution in [0.5, 0.6) is 0 Å². The van der Waals surface area contributed by atoms with Gasteiger partial charge in [0.05, 0.1) is 7.11 Å². The van der Waals surface area contributed by atoms with Crippen LogP contribution in [0.1, 0.15) is 38.2 Å². The number of nitrogens with one attached hydrogen (secondary N) is 1. The maximum atomic E-state index is 10.9. The van der Waals surface area contributed by atoms with Crippen molar-refractivity contribution in [3.05, 3.63) is 29.8 Å². The Morgan fingerprint density at radius 3 is 2.50 bits per heavy atom. The highest BCUT2D eigenvalue weighted by molar-refractivity contribution is 14.0. The minimum Gasteiger partial charge on any atom is -0.469 e. The summed E-state index contributed by atoms with van der Waals surface area (Å²) in [4.78, 5) is 15.2. The molecule has 0 amide bonds. The summed E-state index contributed by atoms with van der Waals surface area (Å²) in [5.74, 6) is 0.266. The zero-order chi connectivity index (χ0) is 15.5. The molecule has 0 bridgehead atoms. The number of carbonyl (C=O) groups is 1. The van der Waals surface area contributed by atoms with Gasteiger partial charge in [0, 0.05) is 18.7 Å². The molecule has 0 radical (unpaired) electrons.